The molecule has 246 valence electrons. The van der Waals surface area contributed by atoms with Gasteiger partial charge in [-0.25, -0.2) is 0 Å². The summed E-state index contributed by atoms with van der Waals surface area (Å²) >= 11 is 0. The molecule has 0 saturated carbocycles. The molecule has 1 aliphatic heterocycles. The number of rotatable bonds is 16. The molecule has 2 aromatic carbocycles. The first-order valence-electron chi connectivity index (χ1n) is 16.3. The highest BCUT2D eigenvalue weighted by molar-refractivity contribution is 5.93. The van der Waals surface area contributed by atoms with Gasteiger partial charge in [-0.3, -0.25) is 14.4 Å². The van der Waals surface area contributed by atoms with Crippen molar-refractivity contribution >= 4 is 40.9 Å². The zero-order chi connectivity index (χ0) is 31.5. The van der Waals surface area contributed by atoms with E-state index in [1.54, 1.807) is 11.2 Å². The van der Waals surface area contributed by atoms with E-state index >= 15 is 0 Å². The Morgan fingerprint density at radius 2 is 1.67 bits per heavy atom. The lowest BCUT2D eigenvalue weighted by Crippen LogP contribution is -2.54. The number of nitrogens with zero attached hydrogens (tertiary/aromatic N) is 1. The summed E-state index contributed by atoms with van der Waals surface area (Å²) in [6.07, 6.45) is 5.77. The first-order valence-corrected chi connectivity index (χ1v) is 16.3. The van der Waals surface area contributed by atoms with Gasteiger partial charge in [-0.2, -0.15) is 0 Å². The molecule has 1 fully saturated rings. The third-order valence-corrected chi connectivity index (χ3v) is 8.30. The lowest BCUT2D eigenvalue weighted by molar-refractivity contribution is -0.143. The van der Waals surface area contributed by atoms with E-state index in [1.165, 1.54) is 0 Å². The predicted octanol–water partition coefficient (Wildman–Crippen LogP) is 5.88. The van der Waals surface area contributed by atoms with Crippen LogP contribution >= 0.6 is 12.4 Å². The van der Waals surface area contributed by atoms with Crippen molar-refractivity contribution in [1.29, 1.82) is 0 Å². The highest BCUT2D eigenvalue weighted by Gasteiger charge is 2.38. The van der Waals surface area contributed by atoms with Crippen molar-refractivity contribution in [3.05, 3.63) is 72.2 Å². The Labute approximate surface area is 274 Å². The lowest BCUT2D eigenvalue weighted by Gasteiger charge is -2.31. The number of furan rings is 1. The van der Waals surface area contributed by atoms with Gasteiger partial charge < -0.3 is 25.3 Å². The Morgan fingerprint density at radius 3 is 2.36 bits per heavy atom. The topological polar surface area (TPSA) is 104 Å². The highest BCUT2D eigenvalue weighted by Crippen LogP contribution is 2.27. The first kappa shape index (κ1) is 36.1. The molecule has 0 aliphatic carbocycles. The maximum absolute atomic E-state index is 13.8. The van der Waals surface area contributed by atoms with E-state index in [0.717, 1.165) is 54.3 Å². The van der Waals surface area contributed by atoms with Gasteiger partial charge in [0.1, 0.15) is 17.8 Å². The van der Waals surface area contributed by atoms with Gasteiger partial charge in [0.2, 0.25) is 17.7 Å². The standard InChI is InChI=1S/C36H50N4O4.ClH/c1-25(2)20-30(21-26(3)4)36(43)40-18-7-13-33(40)35(42)39-32(23-27-14-15-28-10-5-6-11-29(28)22-27)34(41)38-17-9-16-37-24-31-12-8-19-44-31;/h5-6,8,10-12,14-15,19,22,25-26,30,32-33,37H,7,9,13,16-18,20-21,23-24H2,1-4H3,(H,38,41)(H,39,42);1H/t32-,33?;/m1./s1. The van der Waals surface area contributed by atoms with Crippen molar-refractivity contribution in [3.8, 4) is 0 Å². The molecule has 9 heteroatoms. The number of halogens is 1. The van der Waals surface area contributed by atoms with Crippen LogP contribution in [0.15, 0.2) is 65.3 Å². The minimum absolute atomic E-state index is 0. The van der Waals surface area contributed by atoms with Crippen LogP contribution in [0.2, 0.25) is 0 Å². The molecule has 3 aromatic rings. The lowest BCUT2D eigenvalue weighted by atomic mass is 9.88. The molecule has 3 amide bonds. The van der Waals surface area contributed by atoms with E-state index in [0.29, 0.717) is 44.3 Å². The van der Waals surface area contributed by atoms with Gasteiger partial charge in [0.05, 0.1) is 12.8 Å². The smallest absolute Gasteiger partial charge is 0.243 e. The van der Waals surface area contributed by atoms with E-state index in [-0.39, 0.29) is 36.0 Å². The van der Waals surface area contributed by atoms with Gasteiger partial charge in [-0.15, -0.1) is 12.4 Å². The van der Waals surface area contributed by atoms with E-state index < -0.39 is 12.1 Å². The number of hydrogen-bond acceptors (Lipinski definition) is 5. The quantitative estimate of drug-likeness (QED) is 0.170. The number of amides is 3. The molecular weight excluding hydrogens is 588 g/mol. The predicted molar refractivity (Wildman–Crippen MR) is 182 cm³/mol. The molecule has 0 radical (unpaired) electrons. The summed E-state index contributed by atoms with van der Waals surface area (Å²) in [5.41, 5.74) is 0.970. The molecule has 0 bridgehead atoms. The largest absolute Gasteiger partial charge is 0.468 e. The monoisotopic (exact) mass is 638 g/mol. The average Bonchev–Trinajstić information content (AvgIpc) is 3.70. The van der Waals surface area contributed by atoms with Crippen molar-refractivity contribution in [2.45, 2.75) is 84.8 Å². The van der Waals surface area contributed by atoms with Crippen molar-refractivity contribution in [2.24, 2.45) is 17.8 Å². The molecule has 45 heavy (non-hydrogen) atoms. The molecular formula is C36H51ClN4O4. The van der Waals surface area contributed by atoms with Crippen molar-refractivity contribution in [2.75, 3.05) is 19.6 Å². The Balaban J connectivity index is 0.00000552. The van der Waals surface area contributed by atoms with E-state index in [4.69, 9.17) is 4.42 Å². The van der Waals surface area contributed by atoms with E-state index in [1.807, 2.05) is 36.4 Å². The minimum Gasteiger partial charge on any atom is -0.468 e. The average molecular weight is 639 g/mol. The van der Waals surface area contributed by atoms with Gasteiger partial charge in [0.15, 0.2) is 0 Å². The molecule has 1 aromatic heterocycles. The second-order valence-corrected chi connectivity index (χ2v) is 13.0. The molecule has 1 saturated heterocycles. The Hall–Kier alpha value is -3.36. The summed E-state index contributed by atoms with van der Waals surface area (Å²) < 4.78 is 5.34. The minimum atomic E-state index is -0.751. The van der Waals surface area contributed by atoms with Gasteiger partial charge in [-0.1, -0.05) is 70.2 Å². The number of carbonyl (C=O) groups excluding carboxylic acids is 3. The molecule has 1 unspecified atom stereocenters. The van der Waals surface area contributed by atoms with Crippen molar-refractivity contribution < 1.29 is 18.8 Å². The third-order valence-electron chi connectivity index (χ3n) is 8.30. The fraction of sp³-hybridized carbons (Fsp3) is 0.528. The van der Waals surface area contributed by atoms with Crippen LogP contribution in [0.1, 0.15) is 71.1 Å². The molecule has 4 rings (SSSR count). The molecule has 1 aliphatic rings. The number of likely N-dealkylation sites (tertiary alicyclic amines) is 1. The number of benzene rings is 2. The zero-order valence-corrected chi connectivity index (χ0v) is 28.0. The summed E-state index contributed by atoms with van der Waals surface area (Å²) in [5.74, 6) is 1.17. The number of fused-ring (bicyclic) bond motifs is 1. The zero-order valence-electron chi connectivity index (χ0n) is 27.2. The maximum Gasteiger partial charge on any atom is 0.243 e. The summed E-state index contributed by atoms with van der Waals surface area (Å²) in [4.78, 5) is 42.8. The van der Waals surface area contributed by atoms with Crippen LogP contribution in [0, 0.1) is 17.8 Å². The van der Waals surface area contributed by atoms with E-state index in [2.05, 4.69) is 61.8 Å². The number of nitrogens with one attached hydrogen (secondary N) is 3. The van der Waals surface area contributed by atoms with Crippen LogP contribution in [0.4, 0.5) is 0 Å². The molecule has 2 heterocycles. The third kappa shape index (κ3) is 10.9. The van der Waals surface area contributed by atoms with Crippen molar-refractivity contribution in [3.63, 3.8) is 0 Å². The Morgan fingerprint density at radius 1 is 0.933 bits per heavy atom. The van der Waals surface area contributed by atoms with Crippen LogP contribution in [-0.4, -0.2) is 54.3 Å². The highest BCUT2D eigenvalue weighted by atomic mass is 35.5. The van der Waals surface area contributed by atoms with Gasteiger partial charge in [-0.05, 0) is 79.0 Å². The normalized spacial score (nSPS) is 15.4. The van der Waals surface area contributed by atoms with Crippen LogP contribution < -0.4 is 16.0 Å². The van der Waals surface area contributed by atoms with Crippen LogP contribution in [0.5, 0.6) is 0 Å². The van der Waals surface area contributed by atoms with Crippen molar-refractivity contribution in [1.82, 2.24) is 20.9 Å². The fourth-order valence-electron chi connectivity index (χ4n) is 6.23. The first-order chi connectivity index (χ1) is 21.2. The number of carbonyl (C=O) groups is 3. The van der Waals surface area contributed by atoms with Gasteiger partial charge in [0.25, 0.3) is 0 Å². The molecule has 8 nitrogen and oxygen atoms in total. The Bertz CT molecular complexity index is 1350. The molecule has 0 spiro atoms. The maximum atomic E-state index is 13.8. The fourth-order valence-corrected chi connectivity index (χ4v) is 6.23. The van der Waals surface area contributed by atoms with Gasteiger partial charge in [0, 0.05) is 25.4 Å². The molecule has 3 N–H and O–H groups in total. The van der Waals surface area contributed by atoms with Crippen LogP contribution in [0.25, 0.3) is 10.8 Å². The summed E-state index contributed by atoms with van der Waals surface area (Å²) in [6.45, 7) is 11.0. The second-order valence-electron chi connectivity index (χ2n) is 13.0. The second kappa shape index (κ2) is 18.0. The van der Waals surface area contributed by atoms with Crippen LogP contribution in [0.3, 0.4) is 0 Å². The van der Waals surface area contributed by atoms with Crippen LogP contribution in [-0.2, 0) is 27.3 Å². The number of hydrogen-bond donors (Lipinski definition) is 3. The summed E-state index contributed by atoms with van der Waals surface area (Å²) in [5, 5.41) is 11.6. The summed E-state index contributed by atoms with van der Waals surface area (Å²) in [7, 11) is 0. The summed E-state index contributed by atoms with van der Waals surface area (Å²) in [6, 6.07) is 16.7. The molecule has 2 atom stereocenters. The van der Waals surface area contributed by atoms with Gasteiger partial charge >= 0.3 is 0 Å². The Kier molecular flexibility index (Phi) is 14.4. The van der Waals surface area contributed by atoms with E-state index in [9.17, 15) is 14.4 Å². The SMILES string of the molecule is CC(C)CC(CC(C)C)C(=O)N1CCCC1C(=O)N[C@H](Cc1ccc2ccccc2c1)C(=O)NCCCNCc1ccco1.Cl.